The third kappa shape index (κ3) is 5.32. The Morgan fingerprint density at radius 3 is 2.41 bits per heavy atom. The minimum atomic E-state index is 0.0547. The van der Waals surface area contributed by atoms with Gasteiger partial charge >= 0.3 is 0 Å². The van der Waals surface area contributed by atoms with Crippen molar-refractivity contribution in [1.29, 1.82) is 0 Å². The van der Waals surface area contributed by atoms with Crippen molar-refractivity contribution in [1.82, 2.24) is 4.98 Å². The zero-order chi connectivity index (χ0) is 19.2. The first-order chi connectivity index (χ1) is 13.0. The molecular formula is C23H21IN2O. The van der Waals surface area contributed by atoms with Crippen molar-refractivity contribution in [3.63, 3.8) is 0 Å². The summed E-state index contributed by atoms with van der Waals surface area (Å²) < 4.78 is 0.931. The van der Waals surface area contributed by atoms with E-state index in [4.69, 9.17) is 0 Å². The SMILES string of the molecule is CC(=Nc1ncc(-c2ccc(C)cc2)cc1I)C(=O)CCc1ccccc1. The van der Waals surface area contributed by atoms with Crippen LogP contribution in [0.4, 0.5) is 5.82 Å². The average Bonchev–Trinajstić information content (AvgIpc) is 2.69. The van der Waals surface area contributed by atoms with Crippen LogP contribution in [0.1, 0.15) is 24.5 Å². The normalized spacial score (nSPS) is 11.4. The van der Waals surface area contributed by atoms with E-state index in [1.807, 2.05) is 36.5 Å². The second kappa shape index (κ2) is 9.04. The fraction of sp³-hybridized carbons (Fsp3) is 0.174. The predicted octanol–water partition coefficient (Wildman–Crippen LogP) is 5.96. The fourth-order valence-electron chi connectivity index (χ4n) is 2.72. The van der Waals surface area contributed by atoms with Crippen LogP contribution < -0.4 is 0 Å². The molecule has 0 radical (unpaired) electrons. The highest BCUT2D eigenvalue weighted by Crippen LogP contribution is 2.26. The number of aromatic nitrogens is 1. The molecule has 0 unspecified atom stereocenters. The largest absolute Gasteiger partial charge is 0.293 e. The van der Waals surface area contributed by atoms with Crippen molar-refractivity contribution in [2.75, 3.05) is 0 Å². The van der Waals surface area contributed by atoms with E-state index in [9.17, 15) is 4.79 Å². The molecule has 3 aromatic rings. The molecule has 27 heavy (non-hydrogen) atoms. The van der Waals surface area contributed by atoms with Gasteiger partial charge in [0.15, 0.2) is 11.6 Å². The molecule has 0 saturated heterocycles. The molecule has 1 heterocycles. The van der Waals surface area contributed by atoms with Crippen LogP contribution in [0.5, 0.6) is 0 Å². The summed E-state index contributed by atoms with van der Waals surface area (Å²) in [6.45, 7) is 3.83. The number of carbonyl (C=O) groups excluding carboxylic acids is 1. The number of nitrogens with zero attached hydrogens (tertiary/aromatic N) is 2. The lowest BCUT2D eigenvalue weighted by Gasteiger charge is -2.06. The Bertz CT molecular complexity index is 963. The highest BCUT2D eigenvalue weighted by atomic mass is 127. The standard InChI is InChI=1S/C23H21IN2O/c1-16-8-11-19(12-9-16)20-14-21(24)23(25-15-20)26-17(2)22(27)13-10-18-6-4-3-5-7-18/h3-9,11-12,14-15H,10,13H2,1-2H3. The van der Waals surface area contributed by atoms with Crippen molar-refractivity contribution < 1.29 is 4.79 Å². The van der Waals surface area contributed by atoms with Crippen LogP contribution in [0.15, 0.2) is 71.9 Å². The third-order valence-corrected chi connectivity index (χ3v) is 5.16. The van der Waals surface area contributed by atoms with Gasteiger partial charge in [-0.15, -0.1) is 0 Å². The van der Waals surface area contributed by atoms with Gasteiger partial charge in [0.1, 0.15) is 0 Å². The molecule has 3 rings (SSSR count). The number of hydrogen-bond donors (Lipinski definition) is 0. The van der Waals surface area contributed by atoms with Crippen molar-refractivity contribution in [2.24, 2.45) is 4.99 Å². The number of aryl methyl sites for hydroxylation is 2. The van der Waals surface area contributed by atoms with Crippen LogP contribution in [0, 0.1) is 10.5 Å². The highest BCUT2D eigenvalue weighted by molar-refractivity contribution is 14.1. The van der Waals surface area contributed by atoms with Gasteiger partial charge in [-0.1, -0.05) is 60.2 Å². The van der Waals surface area contributed by atoms with Crippen LogP contribution in [-0.2, 0) is 11.2 Å². The summed E-state index contributed by atoms with van der Waals surface area (Å²) in [5.41, 5.74) is 5.06. The number of rotatable bonds is 6. The molecule has 136 valence electrons. The minimum absolute atomic E-state index is 0.0547. The van der Waals surface area contributed by atoms with E-state index in [0.717, 1.165) is 26.7 Å². The number of benzene rings is 2. The number of carbonyl (C=O) groups is 1. The Kier molecular flexibility index (Phi) is 6.50. The van der Waals surface area contributed by atoms with Gasteiger partial charge in [0, 0.05) is 18.2 Å². The topological polar surface area (TPSA) is 42.3 Å². The number of ketones is 1. The molecule has 0 fully saturated rings. The first-order valence-electron chi connectivity index (χ1n) is 8.88. The molecule has 0 aliphatic carbocycles. The average molecular weight is 468 g/mol. The molecule has 0 aliphatic rings. The van der Waals surface area contributed by atoms with Gasteiger partial charge in [-0.25, -0.2) is 9.98 Å². The Morgan fingerprint density at radius 1 is 1.04 bits per heavy atom. The van der Waals surface area contributed by atoms with E-state index in [2.05, 4.69) is 69.8 Å². The first-order valence-corrected chi connectivity index (χ1v) is 9.96. The maximum Gasteiger partial charge on any atom is 0.177 e. The summed E-state index contributed by atoms with van der Waals surface area (Å²) in [6, 6.07) is 20.4. The maximum atomic E-state index is 12.4. The highest BCUT2D eigenvalue weighted by Gasteiger charge is 2.10. The molecule has 1 aromatic heterocycles. The Hall–Kier alpha value is -2.34. The van der Waals surface area contributed by atoms with Crippen molar-refractivity contribution in [3.8, 4) is 11.1 Å². The van der Waals surface area contributed by atoms with Crippen LogP contribution in [-0.4, -0.2) is 16.5 Å². The minimum Gasteiger partial charge on any atom is -0.293 e. The smallest absolute Gasteiger partial charge is 0.177 e. The molecule has 0 amide bonds. The summed E-state index contributed by atoms with van der Waals surface area (Å²) in [4.78, 5) is 21.3. The van der Waals surface area contributed by atoms with E-state index in [1.165, 1.54) is 5.56 Å². The van der Waals surface area contributed by atoms with Crippen molar-refractivity contribution in [2.45, 2.75) is 26.7 Å². The molecule has 0 aliphatic heterocycles. The van der Waals surface area contributed by atoms with Crippen LogP contribution in [0.3, 0.4) is 0 Å². The van der Waals surface area contributed by atoms with E-state index in [1.54, 1.807) is 6.92 Å². The van der Waals surface area contributed by atoms with Gasteiger partial charge in [-0.2, -0.15) is 0 Å². The maximum absolute atomic E-state index is 12.4. The molecule has 4 heteroatoms. The molecule has 3 nitrogen and oxygen atoms in total. The van der Waals surface area contributed by atoms with Crippen LogP contribution >= 0.6 is 22.6 Å². The zero-order valence-electron chi connectivity index (χ0n) is 15.4. The summed E-state index contributed by atoms with van der Waals surface area (Å²) in [5.74, 6) is 0.649. The monoisotopic (exact) mass is 468 g/mol. The summed E-state index contributed by atoms with van der Waals surface area (Å²) in [5, 5.41) is 0. The van der Waals surface area contributed by atoms with Gasteiger partial charge < -0.3 is 0 Å². The predicted molar refractivity (Wildman–Crippen MR) is 120 cm³/mol. The Labute approximate surface area is 173 Å². The number of Topliss-reactive ketones (excluding diaryl/α,β-unsaturated/α-hetero) is 1. The first kappa shape index (κ1) is 19.4. The molecular weight excluding hydrogens is 447 g/mol. The summed E-state index contributed by atoms with van der Waals surface area (Å²) >= 11 is 2.23. The van der Waals surface area contributed by atoms with E-state index >= 15 is 0 Å². The van der Waals surface area contributed by atoms with Gasteiger partial charge in [-0.3, -0.25) is 4.79 Å². The summed E-state index contributed by atoms with van der Waals surface area (Å²) in [7, 11) is 0. The van der Waals surface area contributed by atoms with Crippen molar-refractivity contribution in [3.05, 3.63) is 81.6 Å². The van der Waals surface area contributed by atoms with E-state index < -0.39 is 0 Å². The zero-order valence-corrected chi connectivity index (χ0v) is 17.6. The molecule has 0 saturated carbocycles. The number of aliphatic imine (C=N–C) groups is 1. The second-order valence-electron chi connectivity index (χ2n) is 6.50. The van der Waals surface area contributed by atoms with Gasteiger partial charge in [0.05, 0.1) is 9.28 Å². The second-order valence-corrected chi connectivity index (χ2v) is 7.66. The van der Waals surface area contributed by atoms with E-state index in [-0.39, 0.29) is 5.78 Å². The van der Waals surface area contributed by atoms with Crippen LogP contribution in [0.25, 0.3) is 11.1 Å². The fourth-order valence-corrected chi connectivity index (χ4v) is 3.32. The van der Waals surface area contributed by atoms with E-state index in [0.29, 0.717) is 18.0 Å². The molecule has 0 N–H and O–H groups in total. The van der Waals surface area contributed by atoms with Gasteiger partial charge in [0.2, 0.25) is 0 Å². The lowest BCUT2D eigenvalue weighted by Crippen LogP contribution is -2.11. The quantitative estimate of drug-likeness (QED) is 0.331. The molecule has 0 atom stereocenters. The third-order valence-electron chi connectivity index (χ3n) is 4.37. The van der Waals surface area contributed by atoms with Gasteiger partial charge in [-0.05, 0) is 60.1 Å². The molecule has 0 spiro atoms. The Morgan fingerprint density at radius 2 is 1.74 bits per heavy atom. The van der Waals surface area contributed by atoms with Gasteiger partial charge in [0.25, 0.3) is 0 Å². The lowest BCUT2D eigenvalue weighted by atomic mass is 10.1. The van der Waals surface area contributed by atoms with Crippen molar-refractivity contribution >= 4 is 39.9 Å². The lowest BCUT2D eigenvalue weighted by molar-refractivity contribution is -0.113. The summed E-state index contributed by atoms with van der Waals surface area (Å²) in [6.07, 6.45) is 2.99. The molecule has 2 aromatic carbocycles. The van der Waals surface area contributed by atoms with Crippen LogP contribution in [0.2, 0.25) is 0 Å². The molecule has 0 bridgehead atoms. The Balaban J connectivity index is 1.71. The number of pyridine rings is 1. The number of halogens is 1. The number of hydrogen-bond acceptors (Lipinski definition) is 3.